The SMILES string of the molecule is C.CCOC(=O)CCCBr.[N-]=[N+]=NCCCC(=O)NCCCCC(OC=O)N1CCCN2CCN(CCCN(CP(=O)(O)O)CC2)CC1.[N-]=[N+]=NCCCC(=O)O.[N-]=[N+]=NCCCC(=O)ON1C(=O)CCC1=O. The van der Waals surface area contributed by atoms with Crippen LogP contribution in [0.3, 0.4) is 0 Å². The van der Waals surface area contributed by atoms with Gasteiger partial charge in [-0.3, -0.25) is 43.1 Å². The minimum absolute atomic E-state index is 0. The van der Waals surface area contributed by atoms with Gasteiger partial charge in [0.15, 0.2) is 6.23 Å². The first-order valence-electron chi connectivity index (χ1n) is 23.9. The highest BCUT2D eigenvalue weighted by atomic mass is 79.9. The number of hydrogen-bond acceptors (Lipinski definition) is 18. The summed E-state index contributed by atoms with van der Waals surface area (Å²) in [5.41, 5.74) is 24.0. The number of amides is 3. The smallest absolute Gasteiger partial charge is 0.339 e. The Bertz CT molecular complexity index is 1800. The molecular formula is C42H77BrN15O14P. The first-order chi connectivity index (χ1) is 34.5. The number of hydroxylamine groups is 2. The van der Waals surface area contributed by atoms with Gasteiger partial charge in [-0.25, -0.2) is 4.79 Å². The first kappa shape index (κ1) is 70.0. The number of fused-ring (bicyclic) bond motifs is 3. The summed E-state index contributed by atoms with van der Waals surface area (Å²) in [7, 11) is -4.09. The zero-order valence-electron chi connectivity index (χ0n) is 41.2. The topological polar surface area (TPSA) is 399 Å². The van der Waals surface area contributed by atoms with E-state index >= 15 is 0 Å². The number of nitrogens with zero attached hydrogens (tertiary/aromatic N) is 14. The highest BCUT2D eigenvalue weighted by Gasteiger charge is 2.32. The van der Waals surface area contributed by atoms with Crippen molar-refractivity contribution in [3.05, 3.63) is 31.3 Å². The number of ether oxygens (including phenoxy) is 2. The van der Waals surface area contributed by atoms with Crippen molar-refractivity contribution in [1.82, 2.24) is 30.0 Å². The van der Waals surface area contributed by atoms with Gasteiger partial charge in [-0.15, -0.1) is 5.06 Å². The molecule has 4 N–H and O–H groups in total. The molecule has 0 aromatic heterocycles. The van der Waals surface area contributed by atoms with Crippen LogP contribution in [-0.2, 0) is 52.4 Å². The maximum absolute atomic E-state index is 11.9. The minimum Gasteiger partial charge on any atom is -0.481 e. The van der Waals surface area contributed by atoms with Gasteiger partial charge in [-0.2, -0.15) is 0 Å². The fourth-order valence-electron chi connectivity index (χ4n) is 6.89. The Labute approximate surface area is 435 Å². The Kier molecular flexibility index (Phi) is 43.6. The molecule has 416 valence electrons. The summed E-state index contributed by atoms with van der Waals surface area (Å²) in [6, 6.07) is 0. The van der Waals surface area contributed by atoms with Gasteiger partial charge in [-0.1, -0.05) is 38.7 Å². The first-order valence-corrected chi connectivity index (χ1v) is 26.8. The third-order valence-corrected chi connectivity index (χ3v) is 11.7. The number of unbranched alkanes of at least 4 members (excludes halogenated alkanes) is 1. The molecule has 2 bridgehead atoms. The van der Waals surface area contributed by atoms with Crippen molar-refractivity contribution >= 4 is 65.6 Å². The number of imide groups is 1. The standard InChI is InChI=1S/C23H45N8O6P.C8H10N4O4.C6H11BrO2.C4H7N3O2.CH4/c24-27-26-9-3-6-22(33)25-8-2-1-7-23(37-21-32)31-13-5-11-28-14-15-29(18-19-31)10-4-12-30(17-16-28)20-38(34,35)36;9-11-10-5-1-2-8(15)16-12-6(13)3-4-7(12)14;1-2-9-6(8)4-3-5-7;5-7-6-3-1-2-4(8)9;/h21,23H,1-20H2,(H,25,33)(H2,34,35,36);1-5H2;2-5H2,1H3;1-3H2,(H,8,9);1H4. The third-order valence-electron chi connectivity index (χ3n) is 10.4. The number of nitrogens with one attached hydrogen (secondary N) is 1. The molecule has 31 heteroatoms. The zero-order valence-corrected chi connectivity index (χ0v) is 43.7. The van der Waals surface area contributed by atoms with E-state index in [1.54, 1.807) is 0 Å². The third kappa shape index (κ3) is 40.0. The summed E-state index contributed by atoms with van der Waals surface area (Å²) in [4.78, 5) is 117. The molecule has 3 fully saturated rings. The predicted octanol–water partition coefficient (Wildman–Crippen LogP) is 5.22. The van der Waals surface area contributed by atoms with E-state index in [-0.39, 0.29) is 70.6 Å². The second-order valence-electron chi connectivity index (χ2n) is 16.1. The Morgan fingerprint density at radius 1 is 0.753 bits per heavy atom. The molecule has 0 radical (unpaired) electrons. The lowest BCUT2D eigenvalue weighted by Gasteiger charge is -2.37. The van der Waals surface area contributed by atoms with Crippen LogP contribution in [-0.4, -0.2) is 198 Å². The van der Waals surface area contributed by atoms with Gasteiger partial charge >= 0.3 is 25.5 Å². The van der Waals surface area contributed by atoms with Crippen LogP contribution in [0.5, 0.6) is 0 Å². The summed E-state index contributed by atoms with van der Waals surface area (Å²) in [6.45, 7) is 12.1. The van der Waals surface area contributed by atoms with Crippen LogP contribution in [0.1, 0.15) is 111 Å². The number of halogens is 1. The second-order valence-corrected chi connectivity index (χ2v) is 18.5. The van der Waals surface area contributed by atoms with Gasteiger partial charge < -0.3 is 44.3 Å². The van der Waals surface area contributed by atoms with E-state index < -0.39 is 31.3 Å². The van der Waals surface area contributed by atoms with E-state index in [1.165, 1.54) is 0 Å². The normalized spacial score (nSPS) is 17.4. The number of aliphatic carboxylic acids is 1. The average Bonchev–Trinajstić information content (AvgIpc) is 3.65. The summed E-state index contributed by atoms with van der Waals surface area (Å²) in [6.07, 6.45) is 6.70. The van der Waals surface area contributed by atoms with Crippen molar-refractivity contribution in [2.75, 3.05) is 110 Å². The number of carbonyl (C=O) groups is 7. The Morgan fingerprint density at radius 3 is 1.82 bits per heavy atom. The van der Waals surface area contributed by atoms with Crippen molar-refractivity contribution in [3.63, 3.8) is 0 Å². The molecule has 0 aliphatic carbocycles. The quantitative estimate of drug-likeness (QED) is 0.00942. The van der Waals surface area contributed by atoms with Crippen LogP contribution in [0, 0.1) is 0 Å². The Balaban J connectivity index is 0. The number of alkyl halides is 1. The second kappa shape index (κ2) is 45.5. The number of carbonyl (C=O) groups excluding carboxylic acids is 6. The van der Waals surface area contributed by atoms with E-state index in [2.05, 4.69) is 75.6 Å². The molecule has 3 unspecified atom stereocenters. The molecular weight excluding hydrogens is 1050 g/mol. The molecule has 3 atom stereocenters. The lowest BCUT2D eigenvalue weighted by molar-refractivity contribution is -0.197. The Hall–Kier alpha value is -5.11. The number of carboxylic acid groups (broad SMARTS) is 1. The highest BCUT2D eigenvalue weighted by Crippen LogP contribution is 2.35. The van der Waals surface area contributed by atoms with E-state index in [1.807, 2.05) is 11.8 Å². The van der Waals surface area contributed by atoms with Crippen molar-refractivity contribution in [2.45, 2.75) is 117 Å². The van der Waals surface area contributed by atoms with Gasteiger partial charge in [0.1, 0.15) is 6.29 Å². The molecule has 0 aromatic rings. The van der Waals surface area contributed by atoms with E-state index in [9.17, 15) is 47.9 Å². The molecule has 3 aliphatic heterocycles. The maximum Gasteiger partial charge on any atom is 0.339 e. The molecule has 3 heterocycles. The number of esters is 1. The lowest BCUT2D eigenvalue weighted by Crippen LogP contribution is -2.49. The van der Waals surface area contributed by atoms with E-state index in [0.717, 1.165) is 89.8 Å². The predicted molar refractivity (Wildman–Crippen MR) is 271 cm³/mol. The van der Waals surface area contributed by atoms with Crippen molar-refractivity contribution in [2.24, 2.45) is 15.3 Å². The molecule has 73 heavy (non-hydrogen) atoms. The maximum atomic E-state index is 11.9. The van der Waals surface area contributed by atoms with Crippen LogP contribution >= 0.6 is 23.5 Å². The molecule has 0 saturated carbocycles. The molecule has 3 rings (SSSR count). The molecule has 3 saturated heterocycles. The summed E-state index contributed by atoms with van der Waals surface area (Å²) >= 11 is 3.22. The Morgan fingerprint density at radius 2 is 1.29 bits per heavy atom. The summed E-state index contributed by atoms with van der Waals surface area (Å²) in [5, 5.41) is 22.1. The molecule has 29 nitrogen and oxygen atoms in total. The zero-order chi connectivity index (χ0) is 53.8. The van der Waals surface area contributed by atoms with Gasteiger partial charge in [0.2, 0.25) is 5.91 Å². The summed E-state index contributed by atoms with van der Waals surface area (Å²) in [5.74, 6) is -2.71. The lowest BCUT2D eigenvalue weighted by atomic mass is 10.1. The van der Waals surface area contributed by atoms with Crippen LogP contribution in [0.4, 0.5) is 0 Å². The highest BCUT2D eigenvalue weighted by molar-refractivity contribution is 9.09. The number of azide groups is 3. The van der Waals surface area contributed by atoms with Crippen LogP contribution < -0.4 is 5.32 Å². The largest absolute Gasteiger partial charge is 0.481 e. The van der Waals surface area contributed by atoms with E-state index in [0.29, 0.717) is 82.8 Å². The fourth-order valence-corrected chi connectivity index (χ4v) is 7.97. The van der Waals surface area contributed by atoms with Gasteiger partial charge in [-0.05, 0) is 94.4 Å². The van der Waals surface area contributed by atoms with Gasteiger partial charge in [0.05, 0.1) is 6.61 Å². The van der Waals surface area contributed by atoms with Crippen LogP contribution in [0.2, 0.25) is 0 Å². The van der Waals surface area contributed by atoms with Gasteiger partial charge in [0.25, 0.3) is 18.3 Å². The fraction of sp³-hybridized carbons (Fsp3) is 0.833. The van der Waals surface area contributed by atoms with E-state index in [4.69, 9.17) is 26.4 Å². The van der Waals surface area contributed by atoms with Gasteiger partial charge in [0, 0.05) is 137 Å². The van der Waals surface area contributed by atoms with Crippen molar-refractivity contribution in [3.8, 4) is 0 Å². The molecule has 0 aromatic carbocycles. The number of rotatable bonds is 27. The van der Waals surface area contributed by atoms with Crippen LogP contribution in [0.25, 0.3) is 31.3 Å². The van der Waals surface area contributed by atoms with Crippen LogP contribution in [0.15, 0.2) is 15.3 Å². The molecule has 3 amide bonds. The monoisotopic (exact) mass is 1130 g/mol. The molecule has 0 spiro atoms. The molecule has 3 aliphatic rings. The minimum atomic E-state index is -4.09. The number of hydrogen-bond donors (Lipinski definition) is 4. The summed E-state index contributed by atoms with van der Waals surface area (Å²) < 4.78 is 21.7. The number of carboxylic acids is 1. The van der Waals surface area contributed by atoms with Crippen molar-refractivity contribution in [1.29, 1.82) is 0 Å². The van der Waals surface area contributed by atoms with Crippen molar-refractivity contribution < 1.29 is 67.3 Å². The average molecular weight is 1130 g/mol.